The zero-order chi connectivity index (χ0) is 24.7. The highest BCUT2D eigenvalue weighted by molar-refractivity contribution is 9.10. The number of carbonyl (C=O) groups excluding carboxylic acids is 1. The normalized spacial score (nSPS) is 11.0. The quantitative estimate of drug-likeness (QED) is 0.244. The molecule has 8 heteroatoms. The number of halogens is 3. The van der Waals surface area contributed by atoms with E-state index in [0.717, 1.165) is 11.1 Å². The van der Waals surface area contributed by atoms with E-state index in [9.17, 15) is 14.4 Å². The molecule has 0 aromatic heterocycles. The van der Waals surface area contributed by atoms with E-state index < -0.39 is 5.91 Å². The zero-order valence-electron chi connectivity index (χ0n) is 18.5. The molecule has 0 heterocycles. The zero-order valence-corrected chi connectivity index (χ0v) is 20.8. The Morgan fingerprint density at radius 1 is 1.15 bits per heavy atom. The van der Waals surface area contributed by atoms with Crippen LogP contribution in [-0.2, 0) is 11.4 Å². The van der Waals surface area contributed by atoms with Crippen LogP contribution in [0.25, 0.3) is 6.08 Å². The van der Waals surface area contributed by atoms with Crippen molar-refractivity contribution in [3.05, 3.63) is 92.2 Å². The topological polar surface area (TPSA) is 71.3 Å². The van der Waals surface area contributed by atoms with Crippen molar-refractivity contribution in [2.45, 2.75) is 20.5 Å². The highest BCUT2D eigenvalue weighted by atomic mass is 79.9. The molecular formula is C26H21BrClFN2O3. The van der Waals surface area contributed by atoms with Crippen LogP contribution in [0.3, 0.4) is 0 Å². The van der Waals surface area contributed by atoms with Gasteiger partial charge in [0.2, 0.25) is 0 Å². The fourth-order valence-corrected chi connectivity index (χ4v) is 3.62. The number of hydrogen-bond acceptors (Lipinski definition) is 4. The lowest BCUT2D eigenvalue weighted by Gasteiger charge is -2.14. The molecule has 0 unspecified atom stereocenters. The third-order valence-electron chi connectivity index (χ3n) is 4.78. The number of benzene rings is 3. The summed E-state index contributed by atoms with van der Waals surface area (Å²) in [7, 11) is 0. The lowest BCUT2D eigenvalue weighted by Crippen LogP contribution is -2.14. The highest BCUT2D eigenvalue weighted by Crippen LogP contribution is 2.35. The monoisotopic (exact) mass is 542 g/mol. The molecule has 0 aliphatic heterocycles. The van der Waals surface area contributed by atoms with Gasteiger partial charge in [-0.05, 0) is 73.0 Å². The van der Waals surface area contributed by atoms with Crippen molar-refractivity contribution in [1.82, 2.24) is 0 Å². The summed E-state index contributed by atoms with van der Waals surface area (Å²) in [6, 6.07) is 16.5. The molecule has 0 atom stereocenters. The van der Waals surface area contributed by atoms with Crippen LogP contribution in [0, 0.1) is 24.1 Å². The Labute approximate surface area is 210 Å². The molecule has 3 rings (SSSR count). The fraction of sp³-hybridized carbons (Fsp3) is 0.154. The molecule has 174 valence electrons. The van der Waals surface area contributed by atoms with Crippen LogP contribution in [0.1, 0.15) is 23.6 Å². The largest absolute Gasteiger partial charge is 0.490 e. The highest BCUT2D eigenvalue weighted by Gasteiger charge is 2.15. The van der Waals surface area contributed by atoms with Gasteiger partial charge in [0.1, 0.15) is 24.1 Å². The first kappa shape index (κ1) is 25.3. The molecule has 0 radical (unpaired) electrons. The second-order valence-electron chi connectivity index (χ2n) is 7.25. The third-order valence-corrected chi connectivity index (χ3v) is 5.71. The van der Waals surface area contributed by atoms with E-state index in [1.165, 1.54) is 18.2 Å². The Hall–Kier alpha value is -3.34. The summed E-state index contributed by atoms with van der Waals surface area (Å²) in [6.45, 7) is 4.27. The van der Waals surface area contributed by atoms with Crippen molar-refractivity contribution in [2.24, 2.45) is 0 Å². The van der Waals surface area contributed by atoms with Crippen molar-refractivity contribution >= 4 is 45.2 Å². The van der Waals surface area contributed by atoms with Gasteiger partial charge in [0.15, 0.2) is 11.5 Å². The molecule has 0 fully saturated rings. The first-order valence-corrected chi connectivity index (χ1v) is 11.5. The maximum absolute atomic E-state index is 13.1. The molecule has 0 saturated carbocycles. The maximum atomic E-state index is 13.1. The molecule has 3 aromatic rings. The summed E-state index contributed by atoms with van der Waals surface area (Å²) in [4.78, 5) is 12.7. The van der Waals surface area contributed by atoms with Gasteiger partial charge >= 0.3 is 0 Å². The van der Waals surface area contributed by atoms with Gasteiger partial charge in [0.05, 0.1) is 6.61 Å². The Morgan fingerprint density at radius 2 is 1.85 bits per heavy atom. The molecular weight excluding hydrogens is 523 g/mol. The van der Waals surface area contributed by atoms with Crippen LogP contribution in [-0.4, -0.2) is 12.5 Å². The molecule has 0 bridgehead atoms. The minimum Gasteiger partial charge on any atom is -0.490 e. The van der Waals surface area contributed by atoms with E-state index in [1.54, 1.807) is 42.5 Å². The Kier molecular flexibility index (Phi) is 8.69. The third kappa shape index (κ3) is 6.60. The standard InChI is InChI=1S/C26H21BrClFN2O3/c1-3-33-24-11-18(22(27)13-25(24)34-15-17-5-8-21(29)9-6-17)10-19(14-30)26(32)31-23-12-20(28)7-4-16(23)2/h4-13H,3,15H2,1-2H3,(H,31,32)/b19-10+. The molecule has 0 aliphatic rings. The average molecular weight is 544 g/mol. The summed E-state index contributed by atoms with van der Waals surface area (Å²) in [5, 5.41) is 12.8. The van der Waals surface area contributed by atoms with Gasteiger partial charge in [-0.25, -0.2) is 4.39 Å². The second-order valence-corrected chi connectivity index (χ2v) is 8.54. The lowest BCUT2D eigenvalue weighted by molar-refractivity contribution is -0.112. The maximum Gasteiger partial charge on any atom is 0.266 e. The fourth-order valence-electron chi connectivity index (χ4n) is 3.01. The first-order chi connectivity index (χ1) is 16.3. The van der Waals surface area contributed by atoms with E-state index in [-0.39, 0.29) is 18.0 Å². The lowest BCUT2D eigenvalue weighted by atomic mass is 10.1. The van der Waals surface area contributed by atoms with Gasteiger partial charge in [-0.15, -0.1) is 0 Å². The van der Waals surface area contributed by atoms with Gasteiger partial charge in [0.25, 0.3) is 5.91 Å². The van der Waals surface area contributed by atoms with Crippen LogP contribution in [0.2, 0.25) is 5.02 Å². The average Bonchev–Trinajstić information content (AvgIpc) is 2.81. The molecule has 0 saturated heterocycles. The van der Waals surface area contributed by atoms with E-state index in [0.29, 0.717) is 38.9 Å². The van der Waals surface area contributed by atoms with Crippen LogP contribution < -0.4 is 14.8 Å². The van der Waals surface area contributed by atoms with Gasteiger partial charge in [-0.3, -0.25) is 4.79 Å². The predicted octanol–water partition coefficient (Wildman–Crippen LogP) is 7.07. The first-order valence-electron chi connectivity index (χ1n) is 10.3. The number of anilines is 1. The summed E-state index contributed by atoms with van der Waals surface area (Å²) >= 11 is 9.49. The Morgan fingerprint density at radius 3 is 2.53 bits per heavy atom. The number of hydrogen-bond donors (Lipinski definition) is 1. The number of rotatable bonds is 8. The van der Waals surface area contributed by atoms with E-state index in [4.69, 9.17) is 21.1 Å². The van der Waals surface area contributed by atoms with Crippen molar-refractivity contribution < 1.29 is 18.7 Å². The smallest absolute Gasteiger partial charge is 0.266 e. The van der Waals surface area contributed by atoms with Gasteiger partial charge in [0, 0.05) is 15.2 Å². The molecule has 1 amide bonds. The van der Waals surface area contributed by atoms with Gasteiger partial charge in [-0.1, -0.05) is 45.7 Å². The SMILES string of the molecule is CCOc1cc(/C=C(\C#N)C(=O)Nc2cc(Cl)ccc2C)c(Br)cc1OCc1ccc(F)cc1. The molecule has 0 aliphatic carbocycles. The molecule has 3 aromatic carbocycles. The number of nitriles is 1. The summed E-state index contributed by atoms with van der Waals surface area (Å²) in [5.74, 6) is 0.0324. The summed E-state index contributed by atoms with van der Waals surface area (Å²) < 4.78 is 25.3. The van der Waals surface area contributed by atoms with Gasteiger partial charge in [-0.2, -0.15) is 5.26 Å². The number of aryl methyl sites for hydroxylation is 1. The van der Waals surface area contributed by atoms with Crippen LogP contribution in [0.4, 0.5) is 10.1 Å². The van der Waals surface area contributed by atoms with Crippen LogP contribution in [0.5, 0.6) is 11.5 Å². The van der Waals surface area contributed by atoms with Crippen LogP contribution >= 0.6 is 27.5 Å². The minimum atomic E-state index is -0.561. The molecule has 1 N–H and O–H groups in total. The van der Waals surface area contributed by atoms with Crippen molar-refractivity contribution in [1.29, 1.82) is 5.26 Å². The van der Waals surface area contributed by atoms with E-state index >= 15 is 0 Å². The Balaban J connectivity index is 1.86. The number of nitrogens with zero attached hydrogens (tertiary/aromatic N) is 1. The minimum absolute atomic E-state index is 0.0949. The van der Waals surface area contributed by atoms with Crippen molar-refractivity contribution in [3.63, 3.8) is 0 Å². The molecule has 5 nitrogen and oxygen atoms in total. The number of nitrogens with one attached hydrogen (secondary N) is 1. The molecule has 34 heavy (non-hydrogen) atoms. The summed E-state index contributed by atoms with van der Waals surface area (Å²) in [5.41, 5.74) is 2.60. The Bertz CT molecular complexity index is 1270. The number of ether oxygens (including phenoxy) is 2. The molecule has 0 spiro atoms. The van der Waals surface area contributed by atoms with Gasteiger partial charge < -0.3 is 14.8 Å². The predicted molar refractivity (Wildman–Crippen MR) is 134 cm³/mol. The van der Waals surface area contributed by atoms with Crippen molar-refractivity contribution in [2.75, 3.05) is 11.9 Å². The van der Waals surface area contributed by atoms with E-state index in [1.807, 2.05) is 19.9 Å². The second kappa shape index (κ2) is 11.7. The van der Waals surface area contributed by atoms with Crippen molar-refractivity contribution in [3.8, 4) is 17.6 Å². The number of amides is 1. The summed E-state index contributed by atoms with van der Waals surface area (Å²) in [6.07, 6.45) is 1.46. The van der Waals surface area contributed by atoms with E-state index in [2.05, 4.69) is 21.2 Å². The van der Waals surface area contributed by atoms with Crippen LogP contribution in [0.15, 0.2) is 64.6 Å². The number of carbonyl (C=O) groups is 1.